The van der Waals surface area contributed by atoms with Crippen molar-refractivity contribution in [2.75, 3.05) is 26.4 Å². The second-order valence-electron chi connectivity index (χ2n) is 12.7. The molecule has 5 aromatic rings. The molecule has 0 unspecified atom stereocenters. The van der Waals surface area contributed by atoms with E-state index < -0.39 is 23.9 Å². The summed E-state index contributed by atoms with van der Waals surface area (Å²) in [6.07, 6.45) is 7.19. The number of benzene rings is 5. The SMILES string of the molecule is C=CC(=O)OCCCCCOc1ccc2cc(C(=O)Oc3ccc(OC(=O)c4ccc5cc(OCCCCCOC(=O)C=C)ccc5c4)c(C)c3)ccc2c1. The third kappa shape index (κ3) is 12.0. The lowest BCUT2D eigenvalue weighted by Gasteiger charge is -2.11. The number of unbranched alkanes of at least 4 members (excludes halogenated alkanes) is 4. The zero-order valence-electron chi connectivity index (χ0n) is 30.9. The Kier molecular flexibility index (Phi) is 14.6. The third-order valence-electron chi connectivity index (χ3n) is 8.59. The molecule has 0 aliphatic heterocycles. The molecule has 0 saturated heterocycles. The maximum atomic E-state index is 13.1. The topological polar surface area (TPSA) is 124 Å². The summed E-state index contributed by atoms with van der Waals surface area (Å²) in [4.78, 5) is 48.3. The van der Waals surface area contributed by atoms with Gasteiger partial charge in [-0.25, -0.2) is 19.2 Å². The summed E-state index contributed by atoms with van der Waals surface area (Å²) >= 11 is 0. The van der Waals surface area contributed by atoms with Gasteiger partial charge in [-0.3, -0.25) is 0 Å². The van der Waals surface area contributed by atoms with Gasteiger partial charge in [-0.15, -0.1) is 0 Å². The van der Waals surface area contributed by atoms with Gasteiger partial charge in [-0.2, -0.15) is 0 Å². The fourth-order valence-corrected chi connectivity index (χ4v) is 5.61. The monoisotopic (exact) mass is 744 g/mol. The molecule has 0 atom stereocenters. The summed E-state index contributed by atoms with van der Waals surface area (Å²) < 4.78 is 33.1. The molecule has 0 spiro atoms. The van der Waals surface area contributed by atoms with Gasteiger partial charge in [-0.05, 0) is 139 Å². The molecule has 0 saturated carbocycles. The highest BCUT2D eigenvalue weighted by Gasteiger charge is 2.15. The first kappa shape index (κ1) is 39.8. The Bertz CT molecular complexity index is 2170. The van der Waals surface area contributed by atoms with Gasteiger partial charge in [0, 0.05) is 12.2 Å². The lowest BCUT2D eigenvalue weighted by Crippen LogP contribution is -2.10. The molecular formula is C45H44O10. The van der Waals surface area contributed by atoms with Crippen LogP contribution in [0.25, 0.3) is 21.5 Å². The quantitative estimate of drug-likeness (QED) is 0.0330. The molecule has 5 rings (SSSR count). The lowest BCUT2D eigenvalue weighted by molar-refractivity contribution is -0.138. The molecule has 0 radical (unpaired) electrons. The smallest absolute Gasteiger partial charge is 0.343 e. The van der Waals surface area contributed by atoms with Gasteiger partial charge in [0.1, 0.15) is 23.0 Å². The highest BCUT2D eigenvalue weighted by Crippen LogP contribution is 2.28. The van der Waals surface area contributed by atoms with Crippen LogP contribution >= 0.6 is 0 Å². The van der Waals surface area contributed by atoms with E-state index in [0.29, 0.717) is 54.6 Å². The first-order valence-electron chi connectivity index (χ1n) is 18.2. The predicted octanol–water partition coefficient (Wildman–Crippen LogP) is 9.30. The number of aryl methyl sites for hydroxylation is 1. The minimum atomic E-state index is -0.515. The first-order chi connectivity index (χ1) is 26.7. The number of fused-ring (bicyclic) bond motifs is 2. The van der Waals surface area contributed by atoms with Gasteiger partial charge in [0.25, 0.3) is 0 Å². The fourth-order valence-electron chi connectivity index (χ4n) is 5.61. The summed E-state index contributed by atoms with van der Waals surface area (Å²) in [5, 5.41) is 3.56. The molecule has 55 heavy (non-hydrogen) atoms. The second kappa shape index (κ2) is 20.1. The van der Waals surface area contributed by atoms with E-state index in [9.17, 15) is 19.2 Å². The van der Waals surface area contributed by atoms with Gasteiger partial charge < -0.3 is 28.4 Å². The fraction of sp³-hybridized carbons (Fsp3) is 0.244. The Morgan fingerprint density at radius 3 is 1.42 bits per heavy atom. The maximum Gasteiger partial charge on any atom is 0.343 e. The second-order valence-corrected chi connectivity index (χ2v) is 12.7. The van der Waals surface area contributed by atoms with Gasteiger partial charge in [0.05, 0.1) is 37.6 Å². The maximum absolute atomic E-state index is 13.1. The summed E-state index contributed by atoms with van der Waals surface area (Å²) in [6, 6.07) is 26.8. The van der Waals surface area contributed by atoms with E-state index in [2.05, 4.69) is 13.2 Å². The molecule has 0 N–H and O–H groups in total. The standard InChI is InChI=1S/C45H44O10/c1-4-42(46)52-24-10-6-8-22-50-38-18-16-32-27-36(14-12-34(32)29-38)44(48)54-40-20-21-41(31(3)26-40)55-45(49)37-15-13-35-30-39(19-17-33(35)28-37)51-23-9-7-11-25-53-43(47)5-2/h4-5,12-21,26-30H,1-2,6-11,22-25H2,3H3. The number of esters is 4. The van der Waals surface area contributed by atoms with Crippen LogP contribution in [0, 0.1) is 6.92 Å². The number of carbonyl (C=O) groups is 4. The van der Waals surface area contributed by atoms with E-state index in [0.717, 1.165) is 83.7 Å². The minimum absolute atomic E-state index is 0.322. The van der Waals surface area contributed by atoms with Crippen molar-refractivity contribution in [3.8, 4) is 23.0 Å². The highest BCUT2D eigenvalue weighted by molar-refractivity contribution is 5.98. The van der Waals surface area contributed by atoms with Gasteiger partial charge >= 0.3 is 23.9 Å². The molecule has 10 heteroatoms. The zero-order valence-corrected chi connectivity index (χ0v) is 30.9. The molecule has 0 amide bonds. The first-order valence-corrected chi connectivity index (χ1v) is 18.2. The van der Waals surface area contributed by atoms with Crippen molar-refractivity contribution in [2.24, 2.45) is 0 Å². The van der Waals surface area contributed by atoms with Crippen LogP contribution < -0.4 is 18.9 Å². The Labute approximate surface area is 320 Å². The van der Waals surface area contributed by atoms with Gasteiger partial charge in [0.2, 0.25) is 0 Å². The normalized spacial score (nSPS) is 10.7. The van der Waals surface area contributed by atoms with Crippen LogP contribution in [0.4, 0.5) is 0 Å². The molecule has 284 valence electrons. The van der Waals surface area contributed by atoms with Crippen LogP contribution in [0.2, 0.25) is 0 Å². The van der Waals surface area contributed by atoms with Crippen LogP contribution in [-0.2, 0) is 19.1 Å². The van der Waals surface area contributed by atoms with Crippen molar-refractivity contribution in [1.29, 1.82) is 0 Å². The van der Waals surface area contributed by atoms with Crippen LogP contribution in [0.3, 0.4) is 0 Å². The number of carbonyl (C=O) groups excluding carboxylic acids is 4. The summed E-state index contributed by atoms with van der Waals surface area (Å²) in [5.74, 6) is 0.271. The molecule has 0 aliphatic carbocycles. The van der Waals surface area contributed by atoms with Crippen molar-refractivity contribution >= 4 is 45.4 Å². The lowest BCUT2D eigenvalue weighted by atomic mass is 10.1. The average Bonchev–Trinajstić information content (AvgIpc) is 3.20. The van der Waals surface area contributed by atoms with E-state index in [1.54, 1.807) is 49.4 Å². The molecule has 0 aliphatic rings. The minimum Gasteiger partial charge on any atom is -0.494 e. The summed E-state index contributed by atoms with van der Waals surface area (Å²) in [5.41, 5.74) is 1.41. The third-order valence-corrected chi connectivity index (χ3v) is 8.59. The van der Waals surface area contributed by atoms with Crippen molar-refractivity contribution in [3.05, 3.63) is 133 Å². The number of rotatable bonds is 20. The average molecular weight is 745 g/mol. The molecule has 0 bridgehead atoms. The summed E-state index contributed by atoms with van der Waals surface area (Å²) in [7, 11) is 0. The van der Waals surface area contributed by atoms with Crippen LogP contribution in [0.15, 0.2) is 116 Å². The van der Waals surface area contributed by atoms with Crippen molar-refractivity contribution in [3.63, 3.8) is 0 Å². The zero-order chi connectivity index (χ0) is 39.0. The predicted molar refractivity (Wildman–Crippen MR) is 210 cm³/mol. The molecule has 0 fully saturated rings. The van der Waals surface area contributed by atoms with E-state index >= 15 is 0 Å². The van der Waals surface area contributed by atoms with E-state index in [1.165, 1.54) is 0 Å². The van der Waals surface area contributed by atoms with Crippen LogP contribution in [0.1, 0.15) is 64.8 Å². The Balaban J connectivity index is 1.08. The summed E-state index contributed by atoms with van der Waals surface area (Å²) in [6.45, 7) is 10.3. The van der Waals surface area contributed by atoms with Crippen molar-refractivity contribution in [1.82, 2.24) is 0 Å². The van der Waals surface area contributed by atoms with E-state index in [-0.39, 0.29) is 0 Å². The van der Waals surface area contributed by atoms with E-state index in [1.807, 2.05) is 48.5 Å². The molecule has 10 nitrogen and oxygen atoms in total. The van der Waals surface area contributed by atoms with Gasteiger partial charge in [-0.1, -0.05) is 37.4 Å². The Morgan fingerprint density at radius 1 is 0.491 bits per heavy atom. The number of ether oxygens (including phenoxy) is 6. The number of hydrogen-bond donors (Lipinski definition) is 0. The molecular weight excluding hydrogens is 700 g/mol. The van der Waals surface area contributed by atoms with Crippen molar-refractivity contribution < 1.29 is 47.6 Å². The van der Waals surface area contributed by atoms with Crippen LogP contribution in [0.5, 0.6) is 23.0 Å². The Hall–Kier alpha value is -6.42. The molecule has 0 heterocycles. The molecule has 5 aromatic carbocycles. The van der Waals surface area contributed by atoms with Gasteiger partial charge in [0.15, 0.2) is 0 Å². The highest BCUT2D eigenvalue weighted by atomic mass is 16.5. The van der Waals surface area contributed by atoms with Crippen molar-refractivity contribution in [2.45, 2.75) is 45.4 Å². The van der Waals surface area contributed by atoms with Crippen LogP contribution in [-0.4, -0.2) is 50.3 Å². The van der Waals surface area contributed by atoms with E-state index in [4.69, 9.17) is 28.4 Å². The largest absolute Gasteiger partial charge is 0.494 e. The number of hydrogen-bond acceptors (Lipinski definition) is 10. The molecule has 0 aromatic heterocycles. The Morgan fingerprint density at radius 2 is 0.927 bits per heavy atom.